The van der Waals surface area contributed by atoms with Crippen LogP contribution in [0.4, 0.5) is 5.69 Å². The molecule has 0 bridgehead atoms. The number of fused-ring (bicyclic) bond motifs is 1. The van der Waals surface area contributed by atoms with E-state index in [-0.39, 0.29) is 25.9 Å². The maximum Gasteiger partial charge on any atom is 0.419 e. The van der Waals surface area contributed by atoms with E-state index in [1.807, 2.05) is 25.1 Å². The van der Waals surface area contributed by atoms with Crippen LogP contribution < -0.4 is 10.7 Å². The fourth-order valence-corrected chi connectivity index (χ4v) is 3.01. The summed E-state index contributed by atoms with van der Waals surface area (Å²) in [6.45, 7) is 1.77. The highest BCUT2D eigenvalue weighted by molar-refractivity contribution is 5.95. The third-order valence-corrected chi connectivity index (χ3v) is 4.56. The van der Waals surface area contributed by atoms with Crippen molar-refractivity contribution in [1.82, 2.24) is 4.57 Å². The van der Waals surface area contributed by atoms with Crippen LogP contribution >= 0.6 is 0 Å². The Hall–Kier alpha value is -3.86. The molecule has 8 nitrogen and oxygen atoms in total. The molecular weight excluding hydrogens is 386 g/mol. The zero-order valence-electron chi connectivity index (χ0n) is 16.5. The van der Waals surface area contributed by atoms with E-state index >= 15 is 0 Å². The second kappa shape index (κ2) is 9.56. The number of aryl methyl sites for hydroxylation is 2. The molecule has 0 aliphatic rings. The van der Waals surface area contributed by atoms with Crippen LogP contribution in [0.3, 0.4) is 0 Å². The van der Waals surface area contributed by atoms with Crippen LogP contribution in [0.25, 0.3) is 11.1 Å². The minimum absolute atomic E-state index is 0.0823. The van der Waals surface area contributed by atoms with Crippen molar-refractivity contribution in [3.8, 4) is 6.07 Å². The molecule has 1 amide bonds. The average molecular weight is 407 g/mol. The van der Waals surface area contributed by atoms with Gasteiger partial charge in [0.25, 0.3) is 5.91 Å². The number of hydrogen-bond donors (Lipinski definition) is 0. The first-order chi connectivity index (χ1) is 14.5. The number of nitriles is 1. The van der Waals surface area contributed by atoms with Gasteiger partial charge < -0.3 is 14.1 Å². The van der Waals surface area contributed by atoms with Crippen molar-refractivity contribution >= 4 is 28.7 Å². The fourth-order valence-electron chi connectivity index (χ4n) is 3.01. The number of benzene rings is 2. The van der Waals surface area contributed by atoms with Crippen molar-refractivity contribution in [2.24, 2.45) is 0 Å². The lowest BCUT2D eigenvalue weighted by Gasteiger charge is -2.21. The van der Waals surface area contributed by atoms with E-state index in [4.69, 9.17) is 14.4 Å². The SMILES string of the molecule is Cc1ccc(N(CCC#N)C(=O)COC(=O)CCn2c(=O)oc3ccccc32)cc1. The number of hydrogen-bond acceptors (Lipinski definition) is 6. The van der Waals surface area contributed by atoms with Crippen LogP contribution in [-0.4, -0.2) is 29.6 Å². The molecular formula is C22H21N3O5. The van der Waals surface area contributed by atoms with Crippen molar-refractivity contribution in [2.75, 3.05) is 18.1 Å². The fraction of sp³-hybridized carbons (Fsp3) is 0.273. The highest BCUT2D eigenvalue weighted by atomic mass is 16.5. The van der Waals surface area contributed by atoms with Crippen LogP contribution in [0.2, 0.25) is 0 Å². The zero-order valence-corrected chi connectivity index (χ0v) is 16.5. The van der Waals surface area contributed by atoms with Crippen molar-refractivity contribution < 1.29 is 18.7 Å². The Balaban J connectivity index is 1.58. The summed E-state index contributed by atoms with van der Waals surface area (Å²) in [5.74, 6) is -1.58. The summed E-state index contributed by atoms with van der Waals surface area (Å²) in [5.41, 5.74) is 2.71. The van der Waals surface area contributed by atoms with Gasteiger partial charge in [-0.25, -0.2) is 4.79 Å². The van der Waals surface area contributed by atoms with E-state index < -0.39 is 24.2 Å². The lowest BCUT2D eigenvalue weighted by molar-refractivity contribution is -0.148. The first-order valence-electron chi connectivity index (χ1n) is 9.47. The molecule has 0 N–H and O–H groups in total. The van der Waals surface area contributed by atoms with Gasteiger partial charge in [0.05, 0.1) is 24.4 Å². The topological polar surface area (TPSA) is 106 Å². The van der Waals surface area contributed by atoms with Gasteiger partial charge in [0.15, 0.2) is 12.2 Å². The summed E-state index contributed by atoms with van der Waals surface area (Å²) in [4.78, 5) is 38.1. The Morgan fingerprint density at radius 2 is 1.90 bits per heavy atom. The average Bonchev–Trinajstić information content (AvgIpc) is 3.07. The third-order valence-electron chi connectivity index (χ3n) is 4.56. The lowest BCUT2D eigenvalue weighted by Crippen LogP contribution is -2.35. The van der Waals surface area contributed by atoms with Crippen LogP contribution in [0.1, 0.15) is 18.4 Å². The van der Waals surface area contributed by atoms with Gasteiger partial charge in [0, 0.05) is 18.8 Å². The monoisotopic (exact) mass is 407 g/mol. The molecule has 0 spiro atoms. The predicted octanol–water partition coefficient (Wildman–Crippen LogP) is 2.78. The van der Waals surface area contributed by atoms with Crippen LogP contribution in [-0.2, 0) is 20.9 Å². The molecule has 1 heterocycles. The minimum atomic E-state index is -0.607. The number of carbonyl (C=O) groups excluding carboxylic acids is 2. The Kier molecular flexibility index (Phi) is 6.65. The van der Waals surface area contributed by atoms with Crippen LogP contribution in [0.5, 0.6) is 0 Å². The van der Waals surface area contributed by atoms with Crippen LogP contribution in [0.15, 0.2) is 57.7 Å². The molecule has 8 heteroatoms. The van der Waals surface area contributed by atoms with Crippen LogP contribution in [0, 0.1) is 18.3 Å². The molecule has 0 radical (unpaired) electrons. The van der Waals surface area contributed by atoms with Gasteiger partial charge in [-0.05, 0) is 31.2 Å². The van der Waals surface area contributed by atoms with Gasteiger partial charge in [-0.15, -0.1) is 0 Å². The van der Waals surface area contributed by atoms with Gasteiger partial charge >= 0.3 is 11.7 Å². The minimum Gasteiger partial charge on any atom is -0.455 e. The molecule has 0 saturated heterocycles. The van der Waals surface area contributed by atoms with Gasteiger partial charge in [-0.2, -0.15) is 5.26 Å². The molecule has 3 rings (SSSR count). The van der Waals surface area contributed by atoms with Gasteiger partial charge in [-0.3, -0.25) is 14.2 Å². The molecule has 0 aliphatic carbocycles. The number of carbonyl (C=O) groups is 2. The van der Waals surface area contributed by atoms with E-state index in [1.165, 1.54) is 9.47 Å². The third kappa shape index (κ3) is 4.94. The van der Waals surface area contributed by atoms with Crippen molar-refractivity contribution in [3.05, 3.63) is 64.6 Å². The number of esters is 1. The standard InChI is InChI=1S/C22H21N3O5/c1-16-7-9-17(10-8-16)24(13-4-12-23)20(26)15-29-21(27)11-14-25-18-5-2-3-6-19(18)30-22(25)28/h2-3,5-10H,4,11,13-15H2,1H3. The summed E-state index contributed by atoms with van der Waals surface area (Å²) in [6.07, 6.45) is 0.0729. The summed E-state index contributed by atoms with van der Waals surface area (Å²) < 4.78 is 11.6. The number of nitrogens with zero attached hydrogens (tertiary/aromatic N) is 3. The van der Waals surface area contributed by atoms with E-state index in [2.05, 4.69) is 0 Å². The van der Waals surface area contributed by atoms with Crippen molar-refractivity contribution in [2.45, 2.75) is 26.3 Å². The summed E-state index contributed by atoms with van der Waals surface area (Å²) >= 11 is 0. The highest BCUT2D eigenvalue weighted by Crippen LogP contribution is 2.16. The Morgan fingerprint density at radius 3 is 2.63 bits per heavy atom. The molecule has 2 aromatic carbocycles. The quantitative estimate of drug-likeness (QED) is 0.532. The molecule has 0 fully saturated rings. The number of oxazole rings is 1. The summed E-state index contributed by atoms with van der Waals surface area (Å²) in [7, 11) is 0. The second-order valence-electron chi connectivity index (χ2n) is 6.69. The summed E-state index contributed by atoms with van der Waals surface area (Å²) in [5, 5.41) is 8.86. The first-order valence-corrected chi connectivity index (χ1v) is 9.47. The highest BCUT2D eigenvalue weighted by Gasteiger charge is 2.18. The molecule has 0 unspecified atom stereocenters. The van der Waals surface area contributed by atoms with Crippen molar-refractivity contribution in [1.29, 1.82) is 5.26 Å². The maximum absolute atomic E-state index is 12.6. The lowest BCUT2D eigenvalue weighted by atomic mass is 10.2. The number of rotatable bonds is 8. The normalized spacial score (nSPS) is 10.5. The second-order valence-corrected chi connectivity index (χ2v) is 6.69. The van der Waals surface area contributed by atoms with Gasteiger partial charge in [0.2, 0.25) is 0 Å². The number of anilines is 1. The number of aromatic nitrogens is 1. The first kappa shape index (κ1) is 20.9. The number of amides is 1. The van der Waals surface area contributed by atoms with E-state index in [0.717, 1.165) is 5.56 Å². The number of ether oxygens (including phenoxy) is 1. The Morgan fingerprint density at radius 1 is 1.17 bits per heavy atom. The predicted molar refractivity (Wildman–Crippen MR) is 110 cm³/mol. The Bertz CT molecular complexity index is 1140. The van der Waals surface area contributed by atoms with Gasteiger partial charge in [0.1, 0.15) is 0 Å². The van der Waals surface area contributed by atoms with Gasteiger partial charge in [-0.1, -0.05) is 29.8 Å². The Labute approximate surface area is 172 Å². The molecule has 0 atom stereocenters. The molecule has 0 saturated carbocycles. The zero-order chi connectivity index (χ0) is 21.5. The largest absolute Gasteiger partial charge is 0.455 e. The summed E-state index contributed by atoms with van der Waals surface area (Å²) in [6, 6.07) is 16.2. The molecule has 30 heavy (non-hydrogen) atoms. The number of para-hydroxylation sites is 2. The molecule has 154 valence electrons. The molecule has 3 aromatic rings. The molecule has 1 aromatic heterocycles. The van der Waals surface area contributed by atoms with E-state index in [0.29, 0.717) is 16.8 Å². The van der Waals surface area contributed by atoms with Crippen molar-refractivity contribution in [3.63, 3.8) is 0 Å². The van der Waals surface area contributed by atoms with E-state index in [9.17, 15) is 14.4 Å². The van der Waals surface area contributed by atoms with E-state index in [1.54, 1.807) is 36.4 Å². The smallest absolute Gasteiger partial charge is 0.419 e. The maximum atomic E-state index is 12.6. The molecule has 0 aliphatic heterocycles.